The van der Waals surface area contributed by atoms with Gasteiger partial charge in [0.2, 0.25) is 11.8 Å². The molecule has 1 aromatic heterocycles. The van der Waals surface area contributed by atoms with Crippen molar-refractivity contribution in [1.82, 2.24) is 20.9 Å². The van der Waals surface area contributed by atoms with Crippen LogP contribution in [-0.2, 0) is 28.9 Å². The van der Waals surface area contributed by atoms with E-state index in [0.717, 1.165) is 22.2 Å². The van der Waals surface area contributed by atoms with Crippen molar-refractivity contribution in [2.75, 3.05) is 0 Å². The number of rotatable bonds is 11. The highest BCUT2D eigenvalue weighted by molar-refractivity contribution is 7.80. The molecule has 0 aliphatic heterocycles. The Bertz CT molecular complexity index is 1550. The number of carboxylic acid groups (broad SMARTS) is 1. The number of benzene rings is 2. The number of nitrogens with two attached hydrogens (primary N) is 1. The fourth-order valence-corrected chi connectivity index (χ4v) is 6.38. The molecule has 2 aromatic carbocycles. The van der Waals surface area contributed by atoms with Gasteiger partial charge in [0.1, 0.15) is 17.3 Å². The molecule has 1 heterocycles. The second kappa shape index (κ2) is 13.4. The Balaban J connectivity index is 1.70. The minimum absolute atomic E-state index is 0.0641. The van der Waals surface area contributed by atoms with Crippen LogP contribution < -0.4 is 21.7 Å². The summed E-state index contributed by atoms with van der Waals surface area (Å²) in [4.78, 5) is 43.1. The summed E-state index contributed by atoms with van der Waals surface area (Å²) in [6.07, 6.45) is 0.508. The second-order valence-corrected chi connectivity index (χ2v) is 12.4. The Morgan fingerprint density at radius 2 is 1.86 bits per heavy atom. The molecule has 230 valence electrons. The zero-order valence-corrected chi connectivity index (χ0v) is 26.1. The molecule has 3 aromatic rings. The lowest BCUT2D eigenvalue weighted by atomic mass is 9.78. The molecule has 0 bridgehead atoms. The highest BCUT2D eigenvalue weighted by Gasteiger charge is 2.46. The van der Waals surface area contributed by atoms with E-state index < -0.39 is 35.5 Å². The molecule has 0 spiro atoms. The quantitative estimate of drug-likeness (QED) is 0.149. The van der Waals surface area contributed by atoms with E-state index in [1.54, 1.807) is 24.3 Å². The number of aromatic amines is 1. The van der Waals surface area contributed by atoms with Crippen molar-refractivity contribution in [2.24, 2.45) is 11.7 Å². The van der Waals surface area contributed by atoms with Crippen LogP contribution in [0, 0.1) is 5.92 Å². The number of hydrogen-bond acceptors (Lipinski definition) is 5. The highest BCUT2D eigenvalue weighted by atomic mass is 35.5. The van der Waals surface area contributed by atoms with E-state index in [4.69, 9.17) is 41.2 Å². The summed E-state index contributed by atoms with van der Waals surface area (Å²) in [5.74, 6) is -1.09. The van der Waals surface area contributed by atoms with Crippen LogP contribution in [0.25, 0.3) is 10.9 Å². The van der Waals surface area contributed by atoms with E-state index in [1.807, 2.05) is 13.8 Å². The maximum atomic E-state index is 14.2. The Morgan fingerprint density at radius 3 is 2.49 bits per heavy atom. The normalized spacial score (nSPS) is 18.2. The first-order valence-corrected chi connectivity index (χ1v) is 15.2. The number of aryl methyl sites for hydroxylation is 2. The van der Waals surface area contributed by atoms with Gasteiger partial charge in [-0.1, -0.05) is 67.8 Å². The Hall–Kier alpha value is -3.54. The van der Waals surface area contributed by atoms with Crippen molar-refractivity contribution in [3.63, 3.8) is 0 Å². The van der Waals surface area contributed by atoms with Crippen LogP contribution in [0.1, 0.15) is 49.9 Å². The maximum absolute atomic E-state index is 14.2. The first kappa shape index (κ1) is 32.4. The third-order valence-electron chi connectivity index (χ3n) is 8.18. The molecule has 1 unspecified atom stereocenters. The highest BCUT2D eigenvalue weighted by Crippen LogP contribution is 2.38. The molecule has 0 fully saturated rings. The van der Waals surface area contributed by atoms with Gasteiger partial charge in [0.25, 0.3) is 0 Å². The van der Waals surface area contributed by atoms with E-state index in [0.29, 0.717) is 34.8 Å². The SMILES string of the molecule is CC[C@H](C)[C@H](NC(=O)[C@@]1(NC(=O)C(CCc2ccc(O)cc2)NC(=O)O)CCc2[nH]c3c(Cl)cc(Cl)cc3c2C1)C(N)=S. The number of aromatic hydroxyl groups is 1. The summed E-state index contributed by atoms with van der Waals surface area (Å²) in [5.41, 5.74) is 7.69. The van der Waals surface area contributed by atoms with Gasteiger partial charge in [-0.25, -0.2) is 4.79 Å². The summed E-state index contributed by atoms with van der Waals surface area (Å²) >= 11 is 18.1. The van der Waals surface area contributed by atoms with Crippen LogP contribution in [0.5, 0.6) is 5.75 Å². The van der Waals surface area contributed by atoms with Gasteiger partial charge >= 0.3 is 6.09 Å². The van der Waals surface area contributed by atoms with Crippen LogP contribution in [-0.4, -0.2) is 55.7 Å². The van der Waals surface area contributed by atoms with Gasteiger partial charge < -0.3 is 36.9 Å². The maximum Gasteiger partial charge on any atom is 0.405 e. The summed E-state index contributed by atoms with van der Waals surface area (Å²) in [6.45, 7) is 3.89. The predicted octanol–water partition coefficient (Wildman–Crippen LogP) is 4.61. The largest absolute Gasteiger partial charge is 0.508 e. The molecule has 3 amide bonds. The van der Waals surface area contributed by atoms with Gasteiger partial charge in [0, 0.05) is 22.5 Å². The molecule has 13 heteroatoms. The standard InChI is InChI=1S/C30H35Cl2N5O5S/c1-3-15(2)24(26(33)43)36-28(40)30(11-10-22-20(14-30)19-12-17(31)13-21(32)25(19)34-22)37-27(39)23(35-29(41)42)9-6-16-4-7-18(38)8-5-16/h4-5,7-8,12-13,15,23-24,34-35,38H,3,6,9-11,14H2,1-2H3,(H2,33,43)(H,36,40)(H,37,39)(H,41,42)/t15-,23?,24-,30+/m0/s1. The third-order valence-corrected chi connectivity index (χ3v) is 8.95. The molecule has 43 heavy (non-hydrogen) atoms. The number of fused-ring (bicyclic) bond motifs is 3. The van der Waals surface area contributed by atoms with Gasteiger partial charge in [0.05, 0.1) is 21.6 Å². The Kier molecular flexibility index (Phi) is 10.1. The number of H-pyrrole nitrogens is 1. The number of halogens is 2. The summed E-state index contributed by atoms with van der Waals surface area (Å²) in [6, 6.07) is 8.04. The smallest absolute Gasteiger partial charge is 0.405 e. The number of amides is 3. The summed E-state index contributed by atoms with van der Waals surface area (Å²) in [5, 5.41) is 28.9. The third kappa shape index (κ3) is 7.34. The minimum Gasteiger partial charge on any atom is -0.508 e. The number of aromatic nitrogens is 1. The molecule has 10 nitrogen and oxygen atoms in total. The number of carbonyl (C=O) groups is 3. The zero-order valence-electron chi connectivity index (χ0n) is 23.8. The number of carbonyl (C=O) groups excluding carboxylic acids is 2. The van der Waals surface area contributed by atoms with Crippen molar-refractivity contribution < 1.29 is 24.6 Å². The molecule has 0 radical (unpaired) electrons. The molecule has 0 saturated carbocycles. The molecule has 0 saturated heterocycles. The van der Waals surface area contributed by atoms with Crippen molar-refractivity contribution >= 4 is 69.2 Å². The average Bonchev–Trinajstić information content (AvgIpc) is 3.31. The number of phenols is 1. The minimum atomic E-state index is -1.46. The van der Waals surface area contributed by atoms with E-state index in [2.05, 4.69) is 20.9 Å². The molecule has 4 atom stereocenters. The van der Waals surface area contributed by atoms with Crippen molar-refractivity contribution in [3.8, 4) is 5.75 Å². The van der Waals surface area contributed by atoms with Gasteiger partial charge in [0.15, 0.2) is 0 Å². The first-order valence-electron chi connectivity index (χ1n) is 14.0. The molecule has 1 aliphatic rings. The van der Waals surface area contributed by atoms with E-state index in [9.17, 15) is 24.6 Å². The first-order chi connectivity index (χ1) is 20.3. The zero-order chi connectivity index (χ0) is 31.5. The van der Waals surface area contributed by atoms with E-state index in [-0.39, 0.29) is 35.9 Å². The average molecular weight is 649 g/mol. The lowest BCUT2D eigenvalue weighted by Crippen LogP contribution is -2.66. The van der Waals surface area contributed by atoms with Crippen molar-refractivity contribution in [2.45, 2.75) is 70.0 Å². The molecule has 8 N–H and O–H groups in total. The van der Waals surface area contributed by atoms with Gasteiger partial charge in [-0.2, -0.15) is 0 Å². The molecular weight excluding hydrogens is 613 g/mol. The summed E-state index contributed by atoms with van der Waals surface area (Å²) < 4.78 is 0. The number of phenolic OH excluding ortho intramolecular Hbond substituents is 1. The monoisotopic (exact) mass is 647 g/mol. The van der Waals surface area contributed by atoms with Gasteiger partial charge in [-0.3, -0.25) is 9.59 Å². The number of thiocarbonyl (C=S) groups is 1. The van der Waals surface area contributed by atoms with Crippen LogP contribution in [0.2, 0.25) is 10.0 Å². The van der Waals surface area contributed by atoms with E-state index in [1.165, 1.54) is 12.1 Å². The van der Waals surface area contributed by atoms with Crippen LogP contribution in [0.4, 0.5) is 4.79 Å². The van der Waals surface area contributed by atoms with Crippen LogP contribution >= 0.6 is 35.4 Å². The number of nitrogens with one attached hydrogen (secondary N) is 4. The van der Waals surface area contributed by atoms with Crippen molar-refractivity contribution in [1.29, 1.82) is 0 Å². The molecule has 4 rings (SSSR count). The van der Waals surface area contributed by atoms with Crippen LogP contribution in [0.3, 0.4) is 0 Å². The van der Waals surface area contributed by atoms with E-state index >= 15 is 0 Å². The Morgan fingerprint density at radius 1 is 1.16 bits per heavy atom. The second-order valence-electron chi connectivity index (χ2n) is 11.1. The van der Waals surface area contributed by atoms with Crippen LogP contribution in [0.15, 0.2) is 36.4 Å². The molecule has 1 aliphatic carbocycles. The molecular formula is C30H35Cl2N5O5S. The fraction of sp³-hybridized carbons (Fsp3) is 0.400. The topological polar surface area (TPSA) is 170 Å². The van der Waals surface area contributed by atoms with Gasteiger partial charge in [-0.15, -0.1) is 0 Å². The van der Waals surface area contributed by atoms with Crippen molar-refractivity contribution in [3.05, 3.63) is 63.3 Å². The number of hydrogen-bond donors (Lipinski definition) is 7. The lowest BCUT2D eigenvalue weighted by molar-refractivity contribution is -0.135. The van der Waals surface area contributed by atoms with Gasteiger partial charge in [-0.05, 0) is 67.0 Å². The Labute approximate surface area is 264 Å². The summed E-state index contributed by atoms with van der Waals surface area (Å²) in [7, 11) is 0. The fourth-order valence-electron chi connectivity index (χ4n) is 5.55. The predicted molar refractivity (Wildman–Crippen MR) is 171 cm³/mol. The lowest BCUT2D eigenvalue weighted by Gasteiger charge is -2.39.